The number of carboxylic acids is 1. The molecule has 17 heavy (non-hydrogen) atoms. The number of carbonyl (C=O) groups excluding carboxylic acids is 1. The van der Waals surface area contributed by atoms with Crippen LogP contribution in [0.5, 0.6) is 0 Å². The smallest absolute Gasteiger partial charge is 0.325 e. The van der Waals surface area contributed by atoms with Gasteiger partial charge in [-0.15, -0.1) is 0 Å². The van der Waals surface area contributed by atoms with Crippen LogP contribution in [0.4, 0.5) is 0 Å². The Morgan fingerprint density at radius 3 is 2.06 bits per heavy atom. The molecule has 100 valence electrons. The first-order valence-electron chi connectivity index (χ1n) is 5.91. The van der Waals surface area contributed by atoms with E-state index in [1.165, 1.54) is 6.92 Å². The Balaban J connectivity index is 4.63. The fraction of sp³-hybridized carbons (Fsp3) is 0.833. The Hall–Kier alpha value is -1.10. The highest BCUT2D eigenvalue weighted by Crippen LogP contribution is 2.16. The van der Waals surface area contributed by atoms with Gasteiger partial charge in [0.15, 0.2) is 0 Å². The number of likely N-dealkylation sites (N-methyl/N-ethyl adjacent to an activating group) is 1. The van der Waals surface area contributed by atoms with Gasteiger partial charge in [0.1, 0.15) is 6.04 Å². The van der Waals surface area contributed by atoms with Crippen LogP contribution in [-0.4, -0.2) is 46.1 Å². The molecule has 5 nitrogen and oxygen atoms in total. The van der Waals surface area contributed by atoms with Crippen molar-refractivity contribution in [3.8, 4) is 0 Å². The van der Waals surface area contributed by atoms with E-state index in [1.807, 2.05) is 32.6 Å². The monoisotopic (exact) mass is 244 g/mol. The van der Waals surface area contributed by atoms with Crippen LogP contribution in [0.3, 0.4) is 0 Å². The Bertz CT molecular complexity index is 284. The molecule has 2 atom stereocenters. The third-order valence-electron chi connectivity index (χ3n) is 2.78. The molecule has 0 aromatic heterocycles. The van der Waals surface area contributed by atoms with Crippen molar-refractivity contribution in [2.45, 2.75) is 59.2 Å². The summed E-state index contributed by atoms with van der Waals surface area (Å²) in [5.74, 6) is -1.28. The molecule has 0 aliphatic rings. The molecule has 0 aromatic carbocycles. The van der Waals surface area contributed by atoms with Gasteiger partial charge in [-0.3, -0.25) is 14.5 Å². The van der Waals surface area contributed by atoms with Crippen LogP contribution in [-0.2, 0) is 9.59 Å². The van der Waals surface area contributed by atoms with E-state index >= 15 is 0 Å². The standard InChI is InChI=1S/C12H24N2O3/c1-7-14(12(4,5)6)9(3)10(15)13-8(2)11(16)17/h8-9H,7H2,1-6H3,(H,13,15)(H,16,17). The Labute approximate surface area is 103 Å². The third kappa shape index (κ3) is 4.73. The van der Waals surface area contributed by atoms with Crippen LogP contribution in [0.1, 0.15) is 41.5 Å². The lowest BCUT2D eigenvalue weighted by molar-refractivity contribution is -0.142. The fourth-order valence-corrected chi connectivity index (χ4v) is 1.87. The van der Waals surface area contributed by atoms with E-state index in [0.717, 1.165) is 6.54 Å². The highest BCUT2D eigenvalue weighted by atomic mass is 16.4. The molecule has 0 aliphatic heterocycles. The van der Waals surface area contributed by atoms with Crippen molar-refractivity contribution in [2.24, 2.45) is 0 Å². The molecule has 0 radical (unpaired) electrons. The van der Waals surface area contributed by atoms with Gasteiger partial charge in [0.05, 0.1) is 6.04 Å². The van der Waals surface area contributed by atoms with Crippen molar-refractivity contribution < 1.29 is 14.7 Å². The molecule has 0 fully saturated rings. The second-order valence-electron chi connectivity index (χ2n) is 5.20. The molecule has 5 heteroatoms. The lowest BCUT2D eigenvalue weighted by Crippen LogP contribution is -2.55. The van der Waals surface area contributed by atoms with Crippen LogP contribution in [0.15, 0.2) is 0 Å². The van der Waals surface area contributed by atoms with Gasteiger partial charge in [0, 0.05) is 5.54 Å². The fourth-order valence-electron chi connectivity index (χ4n) is 1.87. The van der Waals surface area contributed by atoms with E-state index in [4.69, 9.17) is 5.11 Å². The maximum atomic E-state index is 11.9. The SMILES string of the molecule is CCN(C(C)C(=O)NC(C)C(=O)O)C(C)(C)C. The van der Waals surface area contributed by atoms with Gasteiger partial charge in [0.25, 0.3) is 0 Å². The van der Waals surface area contributed by atoms with Gasteiger partial charge in [-0.25, -0.2) is 0 Å². The van der Waals surface area contributed by atoms with Crippen molar-refractivity contribution in [1.82, 2.24) is 10.2 Å². The average Bonchev–Trinajstić information content (AvgIpc) is 2.15. The number of carbonyl (C=O) groups is 2. The van der Waals surface area contributed by atoms with Crippen LogP contribution in [0.25, 0.3) is 0 Å². The number of nitrogens with zero attached hydrogens (tertiary/aromatic N) is 1. The predicted molar refractivity (Wildman–Crippen MR) is 66.8 cm³/mol. The Kier molecular flexibility index (Phi) is 5.61. The lowest BCUT2D eigenvalue weighted by atomic mass is 10.0. The van der Waals surface area contributed by atoms with E-state index in [2.05, 4.69) is 5.32 Å². The van der Waals surface area contributed by atoms with Gasteiger partial charge >= 0.3 is 5.97 Å². The van der Waals surface area contributed by atoms with E-state index in [1.54, 1.807) is 6.92 Å². The average molecular weight is 244 g/mol. The first-order valence-corrected chi connectivity index (χ1v) is 5.91. The number of hydrogen-bond donors (Lipinski definition) is 2. The summed E-state index contributed by atoms with van der Waals surface area (Å²) in [4.78, 5) is 24.6. The lowest BCUT2D eigenvalue weighted by Gasteiger charge is -2.38. The number of aliphatic carboxylic acids is 1. The highest BCUT2D eigenvalue weighted by Gasteiger charge is 2.30. The minimum absolute atomic E-state index is 0.127. The molecule has 0 saturated heterocycles. The van der Waals surface area contributed by atoms with Gasteiger partial charge in [0.2, 0.25) is 5.91 Å². The number of hydrogen-bond acceptors (Lipinski definition) is 3. The van der Waals surface area contributed by atoms with Crippen molar-refractivity contribution in [2.75, 3.05) is 6.54 Å². The highest BCUT2D eigenvalue weighted by molar-refractivity contribution is 5.86. The van der Waals surface area contributed by atoms with Crippen molar-refractivity contribution >= 4 is 11.9 Å². The van der Waals surface area contributed by atoms with E-state index in [-0.39, 0.29) is 17.5 Å². The van der Waals surface area contributed by atoms with Gasteiger partial charge in [-0.05, 0) is 41.2 Å². The molecule has 0 bridgehead atoms. The van der Waals surface area contributed by atoms with Crippen LogP contribution >= 0.6 is 0 Å². The summed E-state index contributed by atoms with van der Waals surface area (Å²) in [6.07, 6.45) is 0. The number of carboxylic acid groups (broad SMARTS) is 1. The third-order valence-corrected chi connectivity index (χ3v) is 2.78. The largest absolute Gasteiger partial charge is 0.480 e. The summed E-state index contributed by atoms with van der Waals surface area (Å²) in [6.45, 7) is 12.1. The van der Waals surface area contributed by atoms with Gasteiger partial charge in [-0.2, -0.15) is 0 Å². The summed E-state index contributed by atoms with van der Waals surface area (Å²) in [5.41, 5.74) is -0.127. The van der Waals surface area contributed by atoms with E-state index < -0.39 is 12.0 Å². The van der Waals surface area contributed by atoms with E-state index in [0.29, 0.717) is 0 Å². The van der Waals surface area contributed by atoms with E-state index in [9.17, 15) is 9.59 Å². The molecule has 0 spiro atoms. The first-order chi connectivity index (χ1) is 7.61. The summed E-state index contributed by atoms with van der Waals surface area (Å²) in [7, 11) is 0. The van der Waals surface area contributed by atoms with Crippen LogP contribution in [0, 0.1) is 0 Å². The minimum atomic E-state index is -1.02. The molecule has 2 unspecified atom stereocenters. The molecule has 1 amide bonds. The van der Waals surface area contributed by atoms with Gasteiger partial charge < -0.3 is 10.4 Å². The summed E-state index contributed by atoms with van der Waals surface area (Å²) < 4.78 is 0. The number of nitrogens with one attached hydrogen (secondary N) is 1. The first kappa shape index (κ1) is 15.9. The van der Waals surface area contributed by atoms with Crippen molar-refractivity contribution in [3.05, 3.63) is 0 Å². The van der Waals surface area contributed by atoms with Gasteiger partial charge in [-0.1, -0.05) is 6.92 Å². The Morgan fingerprint density at radius 1 is 1.29 bits per heavy atom. The molecule has 0 saturated carbocycles. The summed E-state index contributed by atoms with van der Waals surface area (Å²) in [6, 6.07) is -1.20. The molecule has 0 aliphatic carbocycles. The molecule has 2 N–H and O–H groups in total. The quantitative estimate of drug-likeness (QED) is 0.759. The zero-order chi connectivity index (χ0) is 13.8. The second kappa shape index (κ2) is 6.00. The molecule has 0 aromatic rings. The zero-order valence-electron chi connectivity index (χ0n) is 11.6. The van der Waals surface area contributed by atoms with Crippen LogP contribution in [0.2, 0.25) is 0 Å². The minimum Gasteiger partial charge on any atom is -0.480 e. The maximum Gasteiger partial charge on any atom is 0.325 e. The molecular formula is C12H24N2O3. The number of rotatable bonds is 5. The molecule has 0 heterocycles. The molecular weight excluding hydrogens is 220 g/mol. The molecule has 0 rings (SSSR count). The van der Waals surface area contributed by atoms with Crippen molar-refractivity contribution in [3.63, 3.8) is 0 Å². The zero-order valence-corrected chi connectivity index (χ0v) is 11.6. The maximum absolute atomic E-state index is 11.9. The number of amides is 1. The second-order valence-corrected chi connectivity index (χ2v) is 5.20. The topological polar surface area (TPSA) is 69.6 Å². The summed E-state index contributed by atoms with van der Waals surface area (Å²) in [5, 5.41) is 11.2. The normalized spacial score (nSPS) is 15.5. The summed E-state index contributed by atoms with van der Waals surface area (Å²) >= 11 is 0. The van der Waals surface area contributed by atoms with Crippen LogP contribution < -0.4 is 5.32 Å². The predicted octanol–water partition coefficient (Wildman–Crippen LogP) is 1.08. The Morgan fingerprint density at radius 2 is 1.76 bits per heavy atom. The van der Waals surface area contributed by atoms with Crippen molar-refractivity contribution in [1.29, 1.82) is 0 Å².